The number of anilines is 2. The van der Waals surface area contributed by atoms with E-state index in [1.165, 1.54) is 0 Å². The lowest BCUT2D eigenvalue weighted by atomic mass is 10.2. The number of hydrogen-bond donors (Lipinski definition) is 3. The molecule has 0 radical (unpaired) electrons. The first-order chi connectivity index (χ1) is 7.98. The van der Waals surface area contributed by atoms with Gasteiger partial charge in [-0.05, 0) is 17.7 Å². The summed E-state index contributed by atoms with van der Waals surface area (Å²) < 4.78 is 22.9. The van der Waals surface area contributed by atoms with E-state index in [1.807, 2.05) is 0 Å². The summed E-state index contributed by atoms with van der Waals surface area (Å²) >= 11 is 0. The minimum absolute atomic E-state index is 0.0321. The van der Waals surface area contributed by atoms with Gasteiger partial charge in [0.05, 0.1) is 12.4 Å². The molecule has 0 amide bonds. The quantitative estimate of drug-likeness (QED) is 0.650. The van der Waals surface area contributed by atoms with Crippen molar-refractivity contribution in [2.24, 2.45) is 0 Å². The zero-order valence-corrected chi connectivity index (χ0v) is 10.6. The van der Waals surface area contributed by atoms with E-state index in [0.717, 1.165) is 5.69 Å². The summed E-state index contributed by atoms with van der Waals surface area (Å²) in [7, 11) is -3.07. The van der Waals surface area contributed by atoms with E-state index in [4.69, 9.17) is 10.8 Å². The summed E-state index contributed by atoms with van der Waals surface area (Å²) in [4.78, 5) is 0. The number of aliphatic hydroxyl groups excluding tert-OH is 1. The number of benzene rings is 1. The van der Waals surface area contributed by atoms with Gasteiger partial charge < -0.3 is 16.2 Å². The summed E-state index contributed by atoms with van der Waals surface area (Å²) in [6.07, 6.45) is 0. The summed E-state index contributed by atoms with van der Waals surface area (Å²) in [6, 6.07) is 5.13. The molecule has 5 nitrogen and oxygen atoms in total. The minimum atomic E-state index is -3.07. The maximum Gasteiger partial charge on any atom is 0.154 e. The molecule has 0 bridgehead atoms. The second kappa shape index (κ2) is 5.88. The Hall–Kier alpha value is -1.27. The maximum atomic E-state index is 11.5. The molecular formula is C11H18N2O3S. The van der Waals surface area contributed by atoms with Crippen LogP contribution in [0.3, 0.4) is 0 Å². The van der Waals surface area contributed by atoms with Gasteiger partial charge in [0.1, 0.15) is 0 Å². The van der Waals surface area contributed by atoms with Crippen LogP contribution >= 0.6 is 0 Å². The van der Waals surface area contributed by atoms with E-state index in [2.05, 4.69) is 5.32 Å². The Labute approximate surface area is 102 Å². The number of nitrogen functional groups attached to an aromatic ring is 1. The molecular weight excluding hydrogens is 240 g/mol. The normalized spacial score (nSPS) is 11.4. The summed E-state index contributed by atoms with van der Waals surface area (Å²) in [6.45, 7) is 2.08. The highest BCUT2D eigenvalue weighted by Crippen LogP contribution is 2.20. The van der Waals surface area contributed by atoms with Gasteiger partial charge in [0.15, 0.2) is 9.84 Å². The van der Waals surface area contributed by atoms with Crippen molar-refractivity contribution >= 4 is 21.2 Å². The van der Waals surface area contributed by atoms with Gasteiger partial charge in [-0.15, -0.1) is 0 Å². The van der Waals surface area contributed by atoms with E-state index in [1.54, 1.807) is 25.1 Å². The van der Waals surface area contributed by atoms with Crippen LogP contribution in [0.4, 0.5) is 11.4 Å². The zero-order valence-electron chi connectivity index (χ0n) is 9.81. The molecule has 0 atom stereocenters. The Kier molecular flexibility index (Phi) is 4.77. The highest BCUT2D eigenvalue weighted by atomic mass is 32.2. The molecule has 0 aromatic heterocycles. The van der Waals surface area contributed by atoms with Crippen molar-refractivity contribution in [3.05, 3.63) is 23.8 Å². The molecule has 0 saturated heterocycles. The molecule has 17 heavy (non-hydrogen) atoms. The molecule has 1 aromatic rings. The van der Waals surface area contributed by atoms with E-state index in [-0.39, 0.29) is 18.1 Å². The molecule has 96 valence electrons. The molecule has 6 heteroatoms. The SMILES string of the molecule is CCS(=O)(=O)Cc1ccc(NCCO)cc1N. The van der Waals surface area contributed by atoms with Crippen molar-refractivity contribution in [1.29, 1.82) is 0 Å². The Balaban J connectivity index is 2.83. The average molecular weight is 258 g/mol. The third-order valence-electron chi connectivity index (χ3n) is 2.40. The lowest BCUT2D eigenvalue weighted by Crippen LogP contribution is -2.10. The van der Waals surface area contributed by atoms with Crippen LogP contribution in [0.15, 0.2) is 18.2 Å². The Morgan fingerprint density at radius 3 is 2.65 bits per heavy atom. The van der Waals surface area contributed by atoms with Gasteiger partial charge in [0.2, 0.25) is 0 Å². The van der Waals surface area contributed by atoms with Gasteiger partial charge in [-0.3, -0.25) is 0 Å². The molecule has 0 fully saturated rings. The molecule has 0 heterocycles. The van der Waals surface area contributed by atoms with Gasteiger partial charge in [0, 0.05) is 23.7 Å². The fourth-order valence-corrected chi connectivity index (χ4v) is 2.32. The molecule has 1 aromatic carbocycles. The van der Waals surface area contributed by atoms with Crippen molar-refractivity contribution in [3.63, 3.8) is 0 Å². The van der Waals surface area contributed by atoms with E-state index >= 15 is 0 Å². The number of sulfone groups is 1. The van der Waals surface area contributed by atoms with Crippen LogP contribution in [0, 0.1) is 0 Å². The number of nitrogens with one attached hydrogen (secondary N) is 1. The van der Waals surface area contributed by atoms with Gasteiger partial charge >= 0.3 is 0 Å². The lowest BCUT2D eigenvalue weighted by Gasteiger charge is -2.09. The first-order valence-corrected chi connectivity index (χ1v) is 7.24. The van der Waals surface area contributed by atoms with Crippen molar-refractivity contribution < 1.29 is 13.5 Å². The van der Waals surface area contributed by atoms with Crippen LogP contribution < -0.4 is 11.1 Å². The third-order valence-corrected chi connectivity index (χ3v) is 4.03. The predicted octanol–water partition coefficient (Wildman–Crippen LogP) is 0.608. The van der Waals surface area contributed by atoms with Crippen LogP contribution in [0.2, 0.25) is 0 Å². The Morgan fingerprint density at radius 1 is 1.41 bits per heavy atom. The van der Waals surface area contributed by atoms with Gasteiger partial charge in [-0.1, -0.05) is 13.0 Å². The number of aliphatic hydroxyl groups is 1. The van der Waals surface area contributed by atoms with Crippen LogP contribution in [0.25, 0.3) is 0 Å². The smallest absolute Gasteiger partial charge is 0.154 e. The van der Waals surface area contributed by atoms with Crippen molar-refractivity contribution in [3.8, 4) is 0 Å². The monoisotopic (exact) mass is 258 g/mol. The third kappa shape index (κ3) is 4.24. The molecule has 0 unspecified atom stereocenters. The predicted molar refractivity (Wildman–Crippen MR) is 69.6 cm³/mol. The topological polar surface area (TPSA) is 92.4 Å². The number of hydrogen-bond acceptors (Lipinski definition) is 5. The second-order valence-electron chi connectivity index (χ2n) is 3.74. The van der Waals surface area contributed by atoms with E-state index in [0.29, 0.717) is 17.8 Å². The lowest BCUT2D eigenvalue weighted by molar-refractivity contribution is 0.311. The van der Waals surface area contributed by atoms with Gasteiger partial charge in [-0.25, -0.2) is 8.42 Å². The van der Waals surface area contributed by atoms with E-state index in [9.17, 15) is 8.42 Å². The second-order valence-corrected chi connectivity index (χ2v) is 6.09. The molecule has 1 rings (SSSR count). The highest BCUT2D eigenvalue weighted by Gasteiger charge is 2.11. The van der Waals surface area contributed by atoms with Crippen LogP contribution in [-0.2, 0) is 15.6 Å². The minimum Gasteiger partial charge on any atom is -0.398 e. The maximum absolute atomic E-state index is 11.5. The fraction of sp³-hybridized carbons (Fsp3) is 0.455. The van der Waals surface area contributed by atoms with Crippen LogP contribution in [0.1, 0.15) is 12.5 Å². The largest absolute Gasteiger partial charge is 0.398 e. The van der Waals surface area contributed by atoms with Crippen molar-refractivity contribution in [2.45, 2.75) is 12.7 Å². The summed E-state index contributed by atoms with van der Waals surface area (Å²) in [5.41, 5.74) is 7.62. The van der Waals surface area contributed by atoms with Crippen LogP contribution in [0.5, 0.6) is 0 Å². The first-order valence-electron chi connectivity index (χ1n) is 5.42. The van der Waals surface area contributed by atoms with Crippen molar-refractivity contribution in [1.82, 2.24) is 0 Å². The molecule has 0 aliphatic carbocycles. The average Bonchev–Trinajstić information content (AvgIpc) is 2.29. The summed E-state index contributed by atoms with van der Waals surface area (Å²) in [5, 5.41) is 11.6. The molecule has 0 aliphatic heterocycles. The van der Waals surface area contributed by atoms with Crippen molar-refractivity contribution in [2.75, 3.05) is 30.0 Å². The Bertz CT molecular complexity index is 472. The summed E-state index contributed by atoms with van der Waals surface area (Å²) in [5.74, 6) is 0.0760. The first kappa shape index (κ1) is 13.8. The number of rotatable bonds is 6. The molecule has 0 spiro atoms. The van der Waals surface area contributed by atoms with Gasteiger partial charge in [0.25, 0.3) is 0 Å². The van der Waals surface area contributed by atoms with E-state index < -0.39 is 9.84 Å². The standard InChI is InChI=1S/C11H18N2O3S/c1-2-17(15,16)8-9-3-4-10(7-11(9)12)13-5-6-14/h3-4,7,13-14H,2,5-6,8,12H2,1H3. The van der Waals surface area contributed by atoms with Crippen LogP contribution in [-0.4, -0.2) is 32.4 Å². The van der Waals surface area contributed by atoms with Gasteiger partial charge in [-0.2, -0.15) is 0 Å². The highest BCUT2D eigenvalue weighted by molar-refractivity contribution is 7.90. The Morgan fingerprint density at radius 2 is 2.12 bits per heavy atom. The number of nitrogens with two attached hydrogens (primary N) is 1. The fourth-order valence-electron chi connectivity index (χ4n) is 1.38. The molecule has 4 N–H and O–H groups in total. The zero-order chi connectivity index (χ0) is 12.9. The molecule has 0 saturated carbocycles. The molecule has 0 aliphatic rings.